The van der Waals surface area contributed by atoms with Crippen molar-refractivity contribution in [3.05, 3.63) is 23.9 Å². The number of aromatic nitrogens is 1. The number of hydrogen-bond acceptors (Lipinski definition) is 5. The molecule has 1 fully saturated rings. The Morgan fingerprint density at radius 1 is 1.42 bits per heavy atom. The fourth-order valence-electron chi connectivity index (χ4n) is 2.26. The minimum absolute atomic E-state index is 0.347. The topological polar surface area (TPSA) is 84.0 Å². The van der Waals surface area contributed by atoms with Crippen LogP contribution < -0.4 is 11.1 Å². The molecule has 0 aliphatic heterocycles. The van der Waals surface area contributed by atoms with Gasteiger partial charge in [-0.15, -0.1) is 0 Å². The van der Waals surface area contributed by atoms with E-state index in [0.717, 1.165) is 25.7 Å². The number of nitriles is 1. The Hall–Kier alpha value is -1.64. The van der Waals surface area contributed by atoms with Crippen molar-refractivity contribution in [2.75, 3.05) is 18.5 Å². The predicted molar refractivity (Wildman–Crippen MR) is 73.6 cm³/mol. The Kier molecular flexibility index (Phi) is 5.13. The first-order valence-corrected chi connectivity index (χ1v) is 6.75. The van der Waals surface area contributed by atoms with Gasteiger partial charge in [-0.25, -0.2) is 4.98 Å². The van der Waals surface area contributed by atoms with E-state index in [0.29, 0.717) is 36.7 Å². The van der Waals surface area contributed by atoms with E-state index in [1.54, 1.807) is 18.3 Å². The van der Waals surface area contributed by atoms with Crippen molar-refractivity contribution in [2.45, 2.75) is 37.8 Å². The molecule has 0 atom stereocenters. The number of nitrogens with zero attached hydrogens (tertiary/aromatic N) is 2. The first-order valence-electron chi connectivity index (χ1n) is 6.75. The second kappa shape index (κ2) is 7.07. The molecular weight excluding hydrogens is 240 g/mol. The van der Waals surface area contributed by atoms with E-state index in [1.165, 1.54) is 0 Å². The number of nitrogens with one attached hydrogen (secondary N) is 1. The maximum absolute atomic E-state index is 8.78. The van der Waals surface area contributed by atoms with Gasteiger partial charge in [0.1, 0.15) is 5.82 Å². The van der Waals surface area contributed by atoms with Gasteiger partial charge in [-0.2, -0.15) is 5.26 Å². The van der Waals surface area contributed by atoms with Gasteiger partial charge in [0.15, 0.2) is 0 Å². The Bertz CT molecular complexity index is 435. The summed E-state index contributed by atoms with van der Waals surface area (Å²) in [6.07, 6.45) is 6.21. The molecule has 1 aliphatic rings. The molecular formula is C14H20N4O. The third kappa shape index (κ3) is 4.51. The Balaban J connectivity index is 1.65. The molecule has 0 unspecified atom stereocenters. The highest BCUT2D eigenvalue weighted by Crippen LogP contribution is 2.19. The second-order valence-electron chi connectivity index (χ2n) is 4.88. The molecule has 1 aromatic heterocycles. The molecule has 1 saturated carbocycles. The first-order chi connectivity index (χ1) is 9.28. The molecule has 5 heteroatoms. The van der Waals surface area contributed by atoms with Gasteiger partial charge in [0.25, 0.3) is 0 Å². The van der Waals surface area contributed by atoms with Gasteiger partial charge >= 0.3 is 0 Å². The molecule has 0 spiro atoms. The van der Waals surface area contributed by atoms with E-state index in [-0.39, 0.29) is 0 Å². The van der Waals surface area contributed by atoms with Crippen molar-refractivity contribution in [1.29, 1.82) is 5.26 Å². The molecule has 1 heterocycles. The van der Waals surface area contributed by atoms with Crippen molar-refractivity contribution < 1.29 is 4.74 Å². The lowest BCUT2D eigenvalue weighted by Crippen LogP contribution is -2.31. The van der Waals surface area contributed by atoms with E-state index < -0.39 is 0 Å². The summed E-state index contributed by atoms with van der Waals surface area (Å²) in [5.41, 5.74) is 6.46. The van der Waals surface area contributed by atoms with E-state index >= 15 is 0 Å². The third-order valence-corrected chi connectivity index (χ3v) is 3.37. The van der Waals surface area contributed by atoms with Crippen molar-refractivity contribution in [3.8, 4) is 6.07 Å². The number of anilines is 1. The van der Waals surface area contributed by atoms with Crippen molar-refractivity contribution in [3.63, 3.8) is 0 Å². The summed E-state index contributed by atoms with van der Waals surface area (Å²) in [6.45, 7) is 1.35. The Morgan fingerprint density at radius 3 is 2.95 bits per heavy atom. The average Bonchev–Trinajstić information content (AvgIpc) is 2.46. The molecule has 2 rings (SSSR count). The average molecular weight is 260 g/mol. The quantitative estimate of drug-likeness (QED) is 0.786. The number of rotatable bonds is 5. The van der Waals surface area contributed by atoms with Gasteiger partial charge in [0.05, 0.1) is 24.3 Å². The van der Waals surface area contributed by atoms with Gasteiger partial charge in [0, 0.05) is 18.8 Å². The van der Waals surface area contributed by atoms with Gasteiger partial charge in [-0.1, -0.05) is 0 Å². The molecule has 1 aliphatic carbocycles. The summed E-state index contributed by atoms with van der Waals surface area (Å²) in [4.78, 5) is 4.15. The lowest BCUT2D eigenvalue weighted by atomic mass is 9.94. The summed E-state index contributed by atoms with van der Waals surface area (Å²) in [6, 6.07) is 5.87. The zero-order valence-corrected chi connectivity index (χ0v) is 11.0. The summed E-state index contributed by atoms with van der Waals surface area (Å²) < 4.78 is 5.80. The highest BCUT2D eigenvalue weighted by atomic mass is 16.5. The molecule has 19 heavy (non-hydrogen) atoms. The molecule has 0 aromatic carbocycles. The van der Waals surface area contributed by atoms with Crippen molar-refractivity contribution in [2.24, 2.45) is 5.73 Å². The maximum atomic E-state index is 8.78. The van der Waals surface area contributed by atoms with Crippen molar-refractivity contribution in [1.82, 2.24) is 4.98 Å². The highest BCUT2D eigenvalue weighted by Gasteiger charge is 2.18. The molecule has 3 N–H and O–H groups in total. The van der Waals surface area contributed by atoms with Gasteiger partial charge in [-0.05, 0) is 37.8 Å². The fraction of sp³-hybridized carbons (Fsp3) is 0.571. The number of nitrogens with two attached hydrogens (primary N) is 1. The largest absolute Gasteiger partial charge is 0.376 e. The predicted octanol–water partition coefficient (Wildman–Crippen LogP) is 1.65. The lowest BCUT2D eigenvalue weighted by Gasteiger charge is -2.26. The number of hydrogen-bond donors (Lipinski definition) is 2. The van der Waals surface area contributed by atoms with Crippen LogP contribution in [-0.2, 0) is 4.74 Å². The molecule has 0 amide bonds. The van der Waals surface area contributed by atoms with Crippen LogP contribution in [0.2, 0.25) is 0 Å². The zero-order chi connectivity index (χ0) is 13.5. The SMILES string of the molecule is N#Cc1ccnc(NCCOC2CCC(N)CC2)c1. The lowest BCUT2D eigenvalue weighted by molar-refractivity contribution is 0.0313. The standard InChI is InChI=1S/C14H20N4O/c15-10-11-5-6-17-14(9-11)18-7-8-19-13-3-1-12(16)2-4-13/h5-6,9,12-13H,1-4,7-8,16H2,(H,17,18). The van der Waals surface area contributed by atoms with Crippen LogP contribution in [-0.4, -0.2) is 30.3 Å². The van der Waals surface area contributed by atoms with Crippen LogP contribution in [0.4, 0.5) is 5.82 Å². The zero-order valence-electron chi connectivity index (χ0n) is 11.0. The van der Waals surface area contributed by atoms with Gasteiger partial charge < -0.3 is 15.8 Å². The molecule has 102 valence electrons. The van der Waals surface area contributed by atoms with Crippen LogP contribution in [0.25, 0.3) is 0 Å². The number of pyridine rings is 1. The Labute approximate surface area is 113 Å². The fourth-order valence-corrected chi connectivity index (χ4v) is 2.26. The minimum Gasteiger partial charge on any atom is -0.376 e. The van der Waals surface area contributed by atoms with E-state index in [1.807, 2.05) is 0 Å². The summed E-state index contributed by atoms with van der Waals surface area (Å²) in [7, 11) is 0. The molecule has 0 bridgehead atoms. The highest BCUT2D eigenvalue weighted by molar-refractivity contribution is 5.42. The maximum Gasteiger partial charge on any atom is 0.127 e. The monoisotopic (exact) mass is 260 g/mol. The van der Waals surface area contributed by atoms with Crippen LogP contribution in [0.15, 0.2) is 18.3 Å². The van der Waals surface area contributed by atoms with Crippen LogP contribution in [0.3, 0.4) is 0 Å². The second-order valence-corrected chi connectivity index (χ2v) is 4.88. The smallest absolute Gasteiger partial charge is 0.127 e. The molecule has 0 radical (unpaired) electrons. The van der Waals surface area contributed by atoms with Crippen LogP contribution in [0.5, 0.6) is 0 Å². The van der Waals surface area contributed by atoms with E-state index in [9.17, 15) is 0 Å². The normalized spacial score (nSPS) is 22.7. The van der Waals surface area contributed by atoms with Crippen LogP contribution in [0, 0.1) is 11.3 Å². The summed E-state index contributed by atoms with van der Waals surface area (Å²) >= 11 is 0. The first kappa shape index (κ1) is 13.8. The molecule has 1 aromatic rings. The summed E-state index contributed by atoms with van der Waals surface area (Å²) in [5.74, 6) is 0.716. The van der Waals surface area contributed by atoms with E-state index in [4.69, 9.17) is 15.7 Å². The van der Waals surface area contributed by atoms with Crippen LogP contribution >= 0.6 is 0 Å². The van der Waals surface area contributed by atoms with Gasteiger partial charge in [0.2, 0.25) is 0 Å². The van der Waals surface area contributed by atoms with Crippen molar-refractivity contribution >= 4 is 5.82 Å². The summed E-state index contributed by atoms with van der Waals surface area (Å²) in [5, 5.41) is 11.9. The minimum atomic E-state index is 0.347. The van der Waals surface area contributed by atoms with Gasteiger partial charge in [-0.3, -0.25) is 0 Å². The molecule has 0 saturated heterocycles. The third-order valence-electron chi connectivity index (χ3n) is 3.37. The van der Waals surface area contributed by atoms with E-state index in [2.05, 4.69) is 16.4 Å². The Morgan fingerprint density at radius 2 is 2.21 bits per heavy atom. The molecule has 5 nitrogen and oxygen atoms in total. The van der Waals surface area contributed by atoms with Crippen LogP contribution in [0.1, 0.15) is 31.2 Å². The number of ether oxygens (including phenoxy) is 1.